The fraction of sp³-hybridized carbons (Fsp3) is 0.500. The Kier molecular flexibility index (Phi) is 5.10. The first kappa shape index (κ1) is 14.2. The van der Waals surface area contributed by atoms with Gasteiger partial charge in [-0.25, -0.2) is 4.39 Å². The summed E-state index contributed by atoms with van der Waals surface area (Å²) >= 11 is 5.46. The van der Waals surface area contributed by atoms with E-state index in [1.54, 1.807) is 12.1 Å². The molecule has 0 bridgehead atoms. The van der Waals surface area contributed by atoms with Crippen LogP contribution in [-0.4, -0.2) is 12.0 Å². The summed E-state index contributed by atoms with van der Waals surface area (Å²) in [7, 11) is 0. The minimum absolute atomic E-state index is 0.206. The Labute approximate surface area is 119 Å². The lowest BCUT2D eigenvalue weighted by Gasteiger charge is -2.27. The van der Waals surface area contributed by atoms with E-state index in [0.717, 1.165) is 12.8 Å². The van der Waals surface area contributed by atoms with E-state index >= 15 is 0 Å². The molecule has 1 nitrogen and oxygen atoms in total. The number of hydrogen-bond donors (Lipinski definition) is 0. The normalized spacial score (nSPS) is 22.5. The van der Waals surface area contributed by atoms with Crippen molar-refractivity contribution < 1.29 is 9.13 Å². The third-order valence-electron chi connectivity index (χ3n) is 3.42. The SMILES string of the molecule is CC1CCCC(Oc2ccc(C#CCCl)c(F)c2)C1. The summed E-state index contributed by atoms with van der Waals surface area (Å²) in [4.78, 5) is 0. The standard InChI is InChI=1S/C16H18ClFO/c1-12-4-2-6-14(10-12)19-15-8-7-13(5-3-9-17)16(18)11-15/h7-8,11-12,14H,2,4,6,9-10H2,1H3. The molecule has 2 unspecified atom stereocenters. The number of ether oxygens (including phenoxy) is 1. The van der Waals surface area contributed by atoms with Crippen molar-refractivity contribution in [2.24, 2.45) is 5.92 Å². The van der Waals surface area contributed by atoms with Crippen LogP contribution in [0.5, 0.6) is 5.75 Å². The van der Waals surface area contributed by atoms with Crippen LogP contribution in [0.4, 0.5) is 4.39 Å². The molecule has 0 saturated heterocycles. The summed E-state index contributed by atoms with van der Waals surface area (Å²) in [6, 6.07) is 4.84. The lowest BCUT2D eigenvalue weighted by atomic mass is 9.89. The zero-order valence-electron chi connectivity index (χ0n) is 11.1. The van der Waals surface area contributed by atoms with Gasteiger partial charge in [0, 0.05) is 6.07 Å². The van der Waals surface area contributed by atoms with Crippen LogP contribution >= 0.6 is 11.6 Å². The molecule has 1 aromatic rings. The minimum atomic E-state index is -0.348. The maximum absolute atomic E-state index is 13.8. The second kappa shape index (κ2) is 6.82. The molecule has 0 amide bonds. The Hall–Kier alpha value is -1.20. The first-order chi connectivity index (χ1) is 9.19. The van der Waals surface area contributed by atoms with E-state index in [9.17, 15) is 4.39 Å². The maximum Gasteiger partial charge on any atom is 0.142 e. The van der Waals surface area contributed by atoms with Crippen LogP contribution in [0.2, 0.25) is 0 Å². The van der Waals surface area contributed by atoms with Gasteiger partial charge < -0.3 is 4.74 Å². The molecule has 102 valence electrons. The molecule has 0 aromatic heterocycles. The van der Waals surface area contributed by atoms with Gasteiger partial charge in [-0.3, -0.25) is 0 Å². The highest BCUT2D eigenvalue weighted by atomic mass is 35.5. The van der Waals surface area contributed by atoms with Crippen molar-refractivity contribution in [2.45, 2.75) is 38.7 Å². The summed E-state index contributed by atoms with van der Waals surface area (Å²) < 4.78 is 19.6. The fourth-order valence-corrected chi connectivity index (χ4v) is 2.54. The molecule has 2 rings (SSSR count). The highest BCUT2D eigenvalue weighted by molar-refractivity contribution is 6.19. The van der Waals surface area contributed by atoms with E-state index in [4.69, 9.17) is 16.3 Å². The van der Waals surface area contributed by atoms with Crippen molar-refractivity contribution in [3.63, 3.8) is 0 Å². The molecule has 2 atom stereocenters. The summed E-state index contributed by atoms with van der Waals surface area (Å²) in [6.45, 7) is 2.24. The van der Waals surface area contributed by atoms with Crippen LogP contribution in [0.1, 0.15) is 38.2 Å². The lowest BCUT2D eigenvalue weighted by molar-refractivity contribution is 0.129. The van der Waals surface area contributed by atoms with E-state index in [1.165, 1.54) is 18.9 Å². The maximum atomic E-state index is 13.8. The molecule has 1 saturated carbocycles. The van der Waals surface area contributed by atoms with Gasteiger partial charge in [0.05, 0.1) is 17.5 Å². The van der Waals surface area contributed by atoms with Crippen molar-refractivity contribution in [2.75, 3.05) is 5.88 Å². The molecule has 3 heteroatoms. The van der Waals surface area contributed by atoms with Gasteiger partial charge in [-0.15, -0.1) is 11.6 Å². The predicted molar refractivity (Wildman–Crippen MR) is 76.0 cm³/mol. The van der Waals surface area contributed by atoms with Crippen LogP contribution < -0.4 is 4.74 Å². The van der Waals surface area contributed by atoms with Gasteiger partial charge in [0.25, 0.3) is 0 Å². The van der Waals surface area contributed by atoms with Gasteiger partial charge in [-0.05, 0) is 37.3 Å². The first-order valence-corrected chi connectivity index (χ1v) is 7.23. The number of rotatable bonds is 2. The third-order valence-corrected chi connectivity index (χ3v) is 3.56. The smallest absolute Gasteiger partial charge is 0.142 e. The van der Waals surface area contributed by atoms with Gasteiger partial charge in [-0.1, -0.05) is 25.2 Å². The van der Waals surface area contributed by atoms with E-state index in [2.05, 4.69) is 18.8 Å². The molecule has 0 heterocycles. The van der Waals surface area contributed by atoms with Gasteiger partial charge in [0.2, 0.25) is 0 Å². The molecule has 1 aromatic carbocycles. The van der Waals surface area contributed by atoms with Crippen LogP contribution in [0.3, 0.4) is 0 Å². The first-order valence-electron chi connectivity index (χ1n) is 6.70. The van der Waals surface area contributed by atoms with Gasteiger partial charge >= 0.3 is 0 Å². The Morgan fingerprint density at radius 1 is 1.42 bits per heavy atom. The molecular weight excluding hydrogens is 263 g/mol. The summed E-state index contributed by atoms with van der Waals surface area (Å²) in [5, 5.41) is 0. The highest BCUT2D eigenvalue weighted by Gasteiger charge is 2.20. The Balaban J connectivity index is 2.03. The molecular formula is C16H18ClFO. The zero-order valence-corrected chi connectivity index (χ0v) is 11.8. The second-order valence-corrected chi connectivity index (χ2v) is 5.36. The zero-order chi connectivity index (χ0) is 13.7. The van der Waals surface area contributed by atoms with Crippen molar-refractivity contribution in [3.8, 4) is 17.6 Å². The molecule has 19 heavy (non-hydrogen) atoms. The highest BCUT2D eigenvalue weighted by Crippen LogP contribution is 2.28. The Morgan fingerprint density at radius 3 is 2.95 bits per heavy atom. The van der Waals surface area contributed by atoms with Crippen molar-refractivity contribution in [3.05, 3.63) is 29.6 Å². The number of hydrogen-bond acceptors (Lipinski definition) is 1. The Bertz CT molecular complexity index is 489. The third kappa shape index (κ3) is 4.14. The van der Waals surface area contributed by atoms with E-state index in [1.807, 2.05) is 0 Å². The number of alkyl halides is 1. The van der Waals surface area contributed by atoms with E-state index < -0.39 is 0 Å². The quantitative estimate of drug-likeness (QED) is 0.577. The number of halogens is 2. The topological polar surface area (TPSA) is 9.23 Å². The average Bonchev–Trinajstić information content (AvgIpc) is 2.38. The number of benzene rings is 1. The van der Waals surface area contributed by atoms with Crippen LogP contribution in [0.25, 0.3) is 0 Å². The molecule has 0 spiro atoms. The second-order valence-electron chi connectivity index (χ2n) is 5.09. The minimum Gasteiger partial charge on any atom is -0.490 e. The molecule has 1 aliphatic carbocycles. The summed E-state index contributed by atoms with van der Waals surface area (Å²) in [6.07, 6.45) is 4.77. The van der Waals surface area contributed by atoms with E-state index in [-0.39, 0.29) is 17.8 Å². The predicted octanol–water partition coefficient (Wildman–Crippen LogP) is 4.37. The lowest BCUT2D eigenvalue weighted by Crippen LogP contribution is -2.24. The van der Waals surface area contributed by atoms with Gasteiger partial charge in [0.15, 0.2) is 0 Å². The monoisotopic (exact) mass is 280 g/mol. The molecule has 1 aliphatic rings. The molecule has 1 fully saturated rings. The van der Waals surface area contributed by atoms with Crippen LogP contribution in [-0.2, 0) is 0 Å². The molecule has 0 aliphatic heterocycles. The van der Waals surface area contributed by atoms with Crippen molar-refractivity contribution in [1.82, 2.24) is 0 Å². The van der Waals surface area contributed by atoms with E-state index in [0.29, 0.717) is 17.2 Å². The molecule has 0 radical (unpaired) electrons. The Morgan fingerprint density at radius 2 is 2.26 bits per heavy atom. The average molecular weight is 281 g/mol. The van der Waals surface area contributed by atoms with Crippen molar-refractivity contribution in [1.29, 1.82) is 0 Å². The van der Waals surface area contributed by atoms with Gasteiger partial charge in [-0.2, -0.15) is 0 Å². The van der Waals surface area contributed by atoms with Crippen molar-refractivity contribution >= 4 is 11.6 Å². The van der Waals surface area contributed by atoms with Crippen LogP contribution in [0.15, 0.2) is 18.2 Å². The largest absolute Gasteiger partial charge is 0.490 e. The van der Waals surface area contributed by atoms with Crippen LogP contribution in [0, 0.1) is 23.6 Å². The fourth-order valence-electron chi connectivity index (χ4n) is 2.48. The molecule has 0 N–H and O–H groups in total. The summed E-state index contributed by atoms with van der Waals surface area (Å²) in [5.41, 5.74) is 0.366. The van der Waals surface area contributed by atoms with Gasteiger partial charge in [0.1, 0.15) is 11.6 Å². The summed E-state index contributed by atoms with van der Waals surface area (Å²) in [5.74, 6) is 6.48.